The Morgan fingerprint density at radius 3 is 2.68 bits per heavy atom. The van der Waals surface area contributed by atoms with Gasteiger partial charge in [-0.05, 0) is 32.0 Å². The van der Waals surface area contributed by atoms with Crippen molar-refractivity contribution in [1.29, 1.82) is 0 Å². The topological polar surface area (TPSA) is 47.7 Å². The van der Waals surface area contributed by atoms with Crippen molar-refractivity contribution >= 4 is 16.8 Å². The zero-order chi connectivity index (χ0) is 16.3. The van der Waals surface area contributed by atoms with Gasteiger partial charge in [0.2, 0.25) is 0 Å². The third-order valence-corrected chi connectivity index (χ3v) is 3.98. The molecule has 120 valence electrons. The molecular weight excluding hydrogens is 278 g/mol. The summed E-state index contributed by atoms with van der Waals surface area (Å²) in [5.74, 6) is 0.761. The highest BCUT2D eigenvalue weighted by Gasteiger charge is 2.19. The van der Waals surface area contributed by atoms with Crippen LogP contribution in [-0.4, -0.2) is 44.8 Å². The summed E-state index contributed by atoms with van der Waals surface area (Å²) in [6.45, 7) is 6.50. The van der Waals surface area contributed by atoms with E-state index in [1.807, 2.05) is 25.1 Å². The normalized spacial score (nSPS) is 11.2. The van der Waals surface area contributed by atoms with E-state index in [-0.39, 0.29) is 5.91 Å². The van der Waals surface area contributed by atoms with Crippen molar-refractivity contribution in [3.63, 3.8) is 0 Å². The minimum atomic E-state index is -0.01000. The van der Waals surface area contributed by atoms with Gasteiger partial charge >= 0.3 is 0 Å². The van der Waals surface area contributed by atoms with Gasteiger partial charge in [0.25, 0.3) is 5.91 Å². The molecule has 2 N–H and O–H groups in total. The molecule has 0 atom stereocenters. The number of carbonyl (C=O) groups is 1. The number of nitrogens with zero attached hydrogens (tertiary/aromatic N) is 1. The van der Waals surface area contributed by atoms with Crippen LogP contribution in [0, 0.1) is 6.92 Å². The van der Waals surface area contributed by atoms with Crippen molar-refractivity contribution < 1.29 is 14.4 Å². The van der Waals surface area contributed by atoms with Crippen molar-refractivity contribution in [3.05, 3.63) is 29.5 Å². The van der Waals surface area contributed by atoms with Crippen LogP contribution in [-0.2, 0) is 6.54 Å². The van der Waals surface area contributed by atoms with E-state index in [1.54, 1.807) is 7.11 Å². The molecule has 0 aliphatic rings. The Morgan fingerprint density at radius 1 is 1.36 bits per heavy atom. The highest BCUT2D eigenvalue weighted by molar-refractivity contribution is 6.08. The molecule has 0 spiro atoms. The van der Waals surface area contributed by atoms with Gasteiger partial charge in [0.1, 0.15) is 5.75 Å². The maximum atomic E-state index is 12.6. The number of hydrogen-bond donors (Lipinski definition) is 2. The van der Waals surface area contributed by atoms with Crippen molar-refractivity contribution in [2.24, 2.45) is 0 Å². The van der Waals surface area contributed by atoms with Gasteiger partial charge in [-0.25, -0.2) is 0 Å². The second-order valence-electron chi connectivity index (χ2n) is 5.80. The molecule has 0 saturated carbocycles. The number of hydrogen-bond acceptors (Lipinski definition) is 2. The predicted octanol–water partition coefficient (Wildman–Crippen LogP) is 0.853. The molecule has 1 heterocycles. The maximum Gasteiger partial charge on any atom is 0.253 e. The van der Waals surface area contributed by atoms with E-state index in [0.717, 1.165) is 41.0 Å². The Bertz CT molecular complexity index is 674. The second kappa shape index (κ2) is 6.83. The van der Waals surface area contributed by atoms with Gasteiger partial charge in [0.05, 0.1) is 39.9 Å². The van der Waals surface area contributed by atoms with Gasteiger partial charge in [-0.15, -0.1) is 0 Å². The fourth-order valence-electron chi connectivity index (χ4n) is 2.80. The molecule has 1 aromatic carbocycles. The lowest BCUT2D eigenvalue weighted by Gasteiger charge is -2.09. The summed E-state index contributed by atoms with van der Waals surface area (Å²) in [7, 11) is 5.79. The highest BCUT2D eigenvalue weighted by Crippen LogP contribution is 2.29. The van der Waals surface area contributed by atoms with Gasteiger partial charge in [0, 0.05) is 23.1 Å². The quantitative estimate of drug-likeness (QED) is 0.831. The lowest BCUT2D eigenvalue weighted by Crippen LogP contribution is -3.06. The van der Waals surface area contributed by atoms with Crippen molar-refractivity contribution in [2.75, 3.05) is 34.3 Å². The summed E-state index contributed by atoms with van der Waals surface area (Å²) in [5, 5.41) is 3.98. The number of likely N-dealkylation sites (N-methyl/N-ethyl adjacent to an activating group) is 1. The van der Waals surface area contributed by atoms with E-state index in [1.165, 1.54) is 4.90 Å². The highest BCUT2D eigenvalue weighted by atomic mass is 16.5. The molecular formula is C17H26N3O2+. The zero-order valence-corrected chi connectivity index (χ0v) is 14.1. The molecule has 0 aliphatic carbocycles. The SMILES string of the molecule is CCn1c(C)c(C(=O)NCC[NH+](C)C)c2cc(OC)ccc21. The van der Waals surface area contributed by atoms with Crippen molar-refractivity contribution in [1.82, 2.24) is 9.88 Å². The molecule has 2 aromatic rings. The molecule has 2 rings (SSSR count). The maximum absolute atomic E-state index is 12.6. The van der Waals surface area contributed by atoms with Crippen molar-refractivity contribution in [2.45, 2.75) is 20.4 Å². The van der Waals surface area contributed by atoms with Crippen LogP contribution in [0.25, 0.3) is 10.9 Å². The molecule has 0 bridgehead atoms. The number of aromatic nitrogens is 1. The molecule has 5 heteroatoms. The summed E-state index contributed by atoms with van der Waals surface area (Å²) in [6, 6.07) is 5.90. The smallest absolute Gasteiger partial charge is 0.253 e. The van der Waals surface area contributed by atoms with E-state index < -0.39 is 0 Å². The monoisotopic (exact) mass is 304 g/mol. The number of aryl methyl sites for hydroxylation is 1. The predicted molar refractivity (Wildman–Crippen MR) is 88.9 cm³/mol. The van der Waals surface area contributed by atoms with Crippen LogP contribution in [0.5, 0.6) is 5.75 Å². The molecule has 0 fully saturated rings. The minimum Gasteiger partial charge on any atom is -0.497 e. The average Bonchev–Trinajstić information content (AvgIpc) is 2.77. The Kier molecular flexibility index (Phi) is 5.08. The number of fused-ring (bicyclic) bond motifs is 1. The number of amides is 1. The van der Waals surface area contributed by atoms with Gasteiger partial charge in [-0.3, -0.25) is 4.79 Å². The van der Waals surface area contributed by atoms with Gasteiger partial charge < -0.3 is 19.5 Å². The van der Waals surface area contributed by atoms with Crippen LogP contribution in [0.1, 0.15) is 23.0 Å². The molecule has 0 aliphatic heterocycles. The zero-order valence-electron chi connectivity index (χ0n) is 14.1. The van der Waals surface area contributed by atoms with E-state index in [9.17, 15) is 4.79 Å². The first-order valence-electron chi connectivity index (χ1n) is 7.73. The second-order valence-corrected chi connectivity index (χ2v) is 5.80. The van der Waals surface area contributed by atoms with Crippen LogP contribution in [0.2, 0.25) is 0 Å². The summed E-state index contributed by atoms with van der Waals surface area (Å²) in [6.07, 6.45) is 0. The summed E-state index contributed by atoms with van der Waals surface area (Å²) in [5.41, 5.74) is 2.83. The Balaban J connectivity index is 2.42. The third kappa shape index (κ3) is 3.09. The lowest BCUT2D eigenvalue weighted by atomic mass is 10.1. The molecule has 1 amide bonds. The number of nitrogens with one attached hydrogen (secondary N) is 2. The summed E-state index contributed by atoms with van der Waals surface area (Å²) in [4.78, 5) is 13.9. The Hall–Kier alpha value is -2.01. The number of methoxy groups -OCH3 is 1. The van der Waals surface area contributed by atoms with Crippen LogP contribution in [0.3, 0.4) is 0 Å². The number of carbonyl (C=O) groups excluding carboxylic acids is 1. The molecule has 22 heavy (non-hydrogen) atoms. The average molecular weight is 304 g/mol. The van der Waals surface area contributed by atoms with Gasteiger partial charge in [-0.2, -0.15) is 0 Å². The van der Waals surface area contributed by atoms with Gasteiger partial charge in [-0.1, -0.05) is 0 Å². The number of ether oxygens (including phenoxy) is 1. The van der Waals surface area contributed by atoms with Crippen LogP contribution in [0.4, 0.5) is 0 Å². The first-order valence-corrected chi connectivity index (χ1v) is 7.73. The number of benzene rings is 1. The van der Waals surface area contributed by atoms with E-state index in [0.29, 0.717) is 6.54 Å². The fraction of sp³-hybridized carbons (Fsp3) is 0.471. The first-order chi connectivity index (χ1) is 10.5. The third-order valence-electron chi connectivity index (χ3n) is 3.98. The van der Waals surface area contributed by atoms with E-state index in [4.69, 9.17) is 4.74 Å². The number of quaternary nitrogens is 1. The van der Waals surface area contributed by atoms with E-state index in [2.05, 4.69) is 30.9 Å². The van der Waals surface area contributed by atoms with Crippen LogP contribution < -0.4 is 15.0 Å². The lowest BCUT2D eigenvalue weighted by molar-refractivity contribution is -0.856. The fourth-order valence-corrected chi connectivity index (χ4v) is 2.80. The molecule has 0 unspecified atom stereocenters. The molecule has 0 radical (unpaired) electrons. The van der Waals surface area contributed by atoms with Crippen LogP contribution in [0.15, 0.2) is 18.2 Å². The summed E-state index contributed by atoms with van der Waals surface area (Å²) >= 11 is 0. The first kappa shape index (κ1) is 16.4. The number of rotatable bonds is 6. The minimum absolute atomic E-state index is 0.01000. The summed E-state index contributed by atoms with van der Waals surface area (Å²) < 4.78 is 7.48. The van der Waals surface area contributed by atoms with Crippen molar-refractivity contribution in [3.8, 4) is 5.75 Å². The Morgan fingerprint density at radius 2 is 2.09 bits per heavy atom. The standard InChI is InChI=1S/C17H25N3O2/c1-6-20-12(2)16(17(21)18-9-10-19(3)4)14-11-13(22-5)7-8-15(14)20/h7-8,11H,6,9-10H2,1-5H3,(H,18,21)/p+1. The van der Waals surface area contributed by atoms with Gasteiger partial charge in [0.15, 0.2) is 0 Å². The van der Waals surface area contributed by atoms with Crippen LogP contribution >= 0.6 is 0 Å². The van der Waals surface area contributed by atoms with E-state index >= 15 is 0 Å². The largest absolute Gasteiger partial charge is 0.497 e. The molecule has 1 aromatic heterocycles. The molecule has 0 saturated heterocycles. The molecule has 5 nitrogen and oxygen atoms in total. The Labute approximate surface area is 131 Å².